The molecule has 0 spiro atoms. The van der Waals surface area contributed by atoms with Crippen LogP contribution in [0.1, 0.15) is 4.88 Å². The molecule has 0 atom stereocenters. The molecule has 5 heteroatoms. The molecule has 0 aliphatic carbocycles. The predicted octanol–water partition coefficient (Wildman–Crippen LogP) is 2.54. The first-order chi connectivity index (χ1) is 6.39. The van der Waals surface area contributed by atoms with E-state index in [1.54, 1.807) is 17.4 Å². The molecule has 14 heavy (non-hydrogen) atoms. The fraction of sp³-hybridized carbons (Fsp3) is 0.333. The Morgan fingerprint density at radius 1 is 1.43 bits per heavy atom. The van der Waals surface area contributed by atoms with E-state index >= 15 is 0 Å². The van der Waals surface area contributed by atoms with E-state index in [1.165, 1.54) is 4.50 Å². The summed E-state index contributed by atoms with van der Waals surface area (Å²) >= 11 is 1.65. The van der Waals surface area contributed by atoms with Crippen LogP contribution in [-0.2, 0) is 0 Å². The first kappa shape index (κ1) is 11.1. The highest BCUT2D eigenvalue weighted by atomic mass is 32.1. The van der Waals surface area contributed by atoms with E-state index in [-0.39, 0.29) is 0 Å². The van der Waals surface area contributed by atoms with Crippen LogP contribution in [0.4, 0.5) is 0 Å². The van der Waals surface area contributed by atoms with Gasteiger partial charge in [0.25, 0.3) is 0 Å². The van der Waals surface area contributed by atoms with Crippen molar-refractivity contribution in [3.63, 3.8) is 0 Å². The van der Waals surface area contributed by atoms with Crippen LogP contribution in [0.2, 0.25) is 19.6 Å². The fourth-order valence-electron chi connectivity index (χ4n) is 0.980. The molecule has 1 aromatic heterocycles. The van der Waals surface area contributed by atoms with Crippen molar-refractivity contribution in [2.75, 3.05) is 0 Å². The summed E-state index contributed by atoms with van der Waals surface area (Å²) in [6, 6.07) is 4.02. The lowest BCUT2D eigenvalue weighted by Crippen LogP contribution is -2.34. The van der Waals surface area contributed by atoms with Crippen molar-refractivity contribution in [1.29, 1.82) is 0 Å². The minimum absolute atomic E-state index is 0.437. The Hall–Kier alpha value is -0.943. The summed E-state index contributed by atoms with van der Waals surface area (Å²) in [6.07, 6.45) is 2.54. The predicted molar refractivity (Wildman–Crippen MR) is 63.3 cm³/mol. The van der Waals surface area contributed by atoms with Crippen molar-refractivity contribution in [2.45, 2.75) is 19.6 Å². The van der Waals surface area contributed by atoms with Crippen molar-refractivity contribution in [1.82, 2.24) is 0 Å². The number of hydrogen-bond donors (Lipinski definition) is 0. The van der Waals surface area contributed by atoms with Gasteiger partial charge >= 0.3 is 0 Å². The first-order valence-corrected chi connectivity index (χ1v) is 8.63. The third-order valence-corrected chi connectivity index (χ3v) is 6.38. The monoisotopic (exact) mass is 227 g/mol. The molecular formula is C9H13NO2SSi. The van der Waals surface area contributed by atoms with Crippen LogP contribution >= 0.6 is 11.3 Å². The Balaban J connectivity index is 2.84. The number of nitro groups is 1. The Kier molecular flexibility index (Phi) is 3.23. The summed E-state index contributed by atoms with van der Waals surface area (Å²) in [7, 11) is -1.25. The topological polar surface area (TPSA) is 43.1 Å². The lowest BCUT2D eigenvalue weighted by molar-refractivity contribution is -0.400. The molecule has 0 aliphatic heterocycles. The Bertz CT molecular complexity index is 365. The molecule has 0 saturated heterocycles. The van der Waals surface area contributed by atoms with Gasteiger partial charge in [-0.15, -0.1) is 11.3 Å². The van der Waals surface area contributed by atoms with Gasteiger partial charge in [0.2, 0.25) is 6.20 Å². The first-order valence-electron chi connectivity index (χ1n) is 4.31. The smallest absolute Gasteiger partial charge is 0.235 e. The number of nitrogens with zero attached hydrogens (tertiary/aromatic N) is 1. The number of rotatable bonds is 3. The van der Waals surface area contributed by atoms with Crippen molar-refractivity contribution >= 4 is 30.0 Å². The van der Waals surface area contributed by atoms with E-state index in [4.69, 9.17) is 0 Å². The van der Waals surface area contributed by atoms with Gasteiger partial charge in [0.1, 0.15) is 0 Å². The fourth-order valence-corrected chi connectivity index (χ4v) is 3.80. The van der Waals surface area contributed by atoms with E-state index in [9.17, 15) is 10.1 Å². The zero-order chi connectivity index (χ0) is 10.8. The largest absolute Gasteiger partial charge is 0.259 e. The second-order valence-corrected chi connectivity index (χ2v) is 10.6. The van der Waals surface area contributed by atoms with E-state index in [0.717, 1.165) is 11.1 Å². The molecule has 0 amide bonds. The molecule has 0 N–H and O–H groups in total. The van der Waals surface area contributed by atoms with Crippen LogP contribution in [0.3, 0.4) is 0 Å². The highest BCUT2D eigenvalue weighted by Crippen LogP contribution is 2.14. The summed E-state index contributed by atoms with van der Waals surface area (Å²) in [5.74, 6) is 0. The standard InChI is InChI=1S/C9H13NO2SSi/c1-14(2,3)9-5-4-8(13-9)6-7-10(11)12/h4-7H,1-3H3/b7-6+. The van der Waals surface area contributed by atoms with Gasteiger partial charge in [0, 0.05) is 11.0 Å². The maximum Gasteiger partial charge on any atom is 0.235 e. The van der Waals surface area contributed by atoms with E-state index in [0.29, 0.717) is 0 Å². The van der Waals surface area contributed by atoms with Crippen LogP contribution in [-0.4, -0.2) is 13.0 Å². The highest BCUT2D eigenvalue weighted by molar-refractivity contribution is 7.27. The van der Waals surface area contributed by atoms with Crippen LogP contribution in [0.5, 0.6) is 0 Å². The van der Waals surface area contributed by atoms with Gasteiger partial charge < -0.3 is 0 Å². The van der Waals surface area contributed by atoms with Gasteiger partial charge in [-0.3, -0.25) is 10.1 Å². The lowest BCUT2D eigenvalue weighted by atomic mass is 10.4. The number of thiophene rings is 1. The average Bonchev–Trinajstić information content (AvgIpc) is 2.47. The summed E-state index contributed by atoms with van der Waals surface area (Å²) in [6.45, 7) is 6.79. The minimum atomic E-state index is -1.25. The molecule has 0 bridgehead atoms. The minimum Gasteiger partial charge on any atom is -0.259 e. The summed E-state index contributed by atoms with van der Waals surface area (Å²) in [5, 5.41) is 10.1. The summed E-state index contributed by atoms with van der Waals surface area (Å²) in [5.41, 5.74) is 0. The van der Waals surface area contributed by atoms with Crippen molar-refractivity contribution in [3.05, 3.63) is 33.3 Å². The molecule has 0 radical (unpaired) electrons. The van der Waals surface area contributed by atoms with E-state index in [1.807, 2.05) is 6.07 Å². The normalized spacial score (nSPS) is 12.2. The van der Waals surface area contributed by atoms with E-state index < -0.39 is 13.0 Å². The third-order valence-electron chi connectivity index (χ3n) is 1.73. The van der Waals surface area contributed by atoms with Crippen molar-refractivity contribution in [2.24, 2.45) is 0 Å². The summed E-state index contributed by atoms with van der Waals surface area (Å²) < 4.78 is 1.38. The number of hydrogen-bond acceptors (Lipinski definition) is 3. The molecular weight excluding hydrogens is 214 g/mol. The third kappa shape index (κ3) is 3.08. The van der Waals surface area contributed by atoms with E-state index in [2.05, 4.69) is 25.7 Å². The molecule has 76 valence electrons. The quantitative estimate of drug-likeness (QED) is 0.452. The van der Waals surface area contributed by atoms with Crippen LogP contribution in [0.25, 0.3) is 6.08 Å². The van der Waals surface area contributed by atoms with Gasteiger partial charge in [0.15, 0.2) is 0 Å². The Labute approximate surface area is 88.2 Å². The van der Waals surface area contributed by atoms with Gasteiger partial charge in [-0.25, -0.2) is 0 Å². The van der Waals surface area contributed by atoms with Gasteiger partial charge in [-0.05, 0) is 10.6 Å². The Morgan fingerprint density at radius 3 is 2.50 bits per heavy atom. The van der Waals surface area contributed by atoms with Gasteiger partial charge in [-0.1, -0.05) is 25.7 Å². The molecule has 0 aliphatic rings. The SMILES string of the molecule is C[Si](C)(C)c1ccc(/C=C/[N+](=O)[O-])s1. The van der Waals surface area contributed by atoms with Crippen molar-refractivity contribution < 1.29 is 4.92 Å². The van der Waals surface area contributed by atoms with Gasteiger partial charge in [-0.2, -0.15) is 0 Å². The molecule has 0 fully saturated rings. The molecule has 0 unspecified atom stereocenters. The van der Waals surface area contributed by atoms with Gasteiger partial charge in [0.05, 0.1) is 13.0 Å². The van der Waals surface area contributed by atoms with Crippen LogP contribution < -0.4 is 4.50 Å². The second kappa shape index (κ2) is 4.06. The molecule has 1 aromatic rings. The van der Waals surface area contributed by atoms with Crippen molar-refractivity contribution in [3.8, 4) is 0 Å². The van der Waals surface area contributed by atoms with Crippen LogP contribution in [0.15, 0.2) is 18.3 Å². The maximum atomic E-state index is 10.1. The summed E-state index contributed by atoms with van der Waals surface area (Å²) in [4.78, 5) is 10.6. The second-order valence-electron chi connectivity index (χ2n) is 4.05. The molecule has 1 rings (SSSR count). The molecule has 3 nitrogen and oxygen atoms in total. The van der Waals surface area contributed by atoms with Crippen LogP contribution in [0, 0.1) is 10.1 Å². The zero-order valence-electron chi connectivity index (χ0n) is 8.48. The molecule has 0 aromatic carbocycles. The Morgan fingerprint density at radius 2 is 2.07 bits per heavy atom. The molecule has 1 heterocycles. The zero-order valence-corrected chi connectivity index (χ0v) is 10.3. The average molecular weight is 227 g/mol. The molecule has 0 saturated carbocycles. The maximum absolute atomic E-state index is 10.1. The lowest BCUT2D eigenvalue weighted by Gasteiger charge is -2.11. The highest BCUT2D eigenvalue weighted by Gasteiger charge is 2.18.